The molecule has 0 spiro atoms. The average molecular weight is 252 g/mol. The molecule has 1 heterocycles. The standard InChI is InChI=1S/C12H13FN2OS/c1-7(2)8(3)12-9-6-14-17(16)15-11(9)5-4-10(12)13/h4-6,15H,1-3H3. The Bertz CT molecular complexity index is 560. The molecule has 1 N–H and O–H groups in total. The molecular weight excluding hydrogens is 239 g/mol. The number of allylic oxidation sites excluding steroid dienone is 2. The highest BCUT2D eigenvalue weighted by molar-refractivity contribution is 7.85. The molecule has 1 aromatic rings. The number of benzene rings is 1. The van der Waals surface area contributed by atoms with Crippen molar-refractivity contribution in [2.75, 3.05) is 4.72 Å². The van der Waals surface area contributed by atoms with E-state index in [1.54, 1.807) is 6.07 Å². The van der Waals surface area contributed by atoms with Gasteiger partial charge in [0.25, 0.3) is 0 Å². The molecular formula is C12H13FN2OS. The van der Waals surface area contributed by atoms with Gasteiger partial charge in [-0.3, -0.25) is 4.72 Å². The number of hydrogen-bond acceptors (Lipinski definition) is 1. The number of hydrogen-bond donors (Lipinski definition) is 1. The van der Waals surface area contributed by atoms with Crippen LogP contribution in [0.25, 0.3) is 5.57 Å². The third-order valence-corrected chi connectivity index (χ3v) is 3.49. The number of anilines is 1. The number of nitrogens with one attached hydrogen (secondary N) is 1. The van der Waals surface area contributed by atoms with E-state index in [9.17, 15) is 8.60 Å². The summed E-state index contributed by atoms with van der Waals surface area (Å²) in [4.78, 5) is 0. The first-order valence-electron chi connectivity index (χ1n) is 5.20. The molecule has 3 nitrogen and oxygen atoms in total. The molecule has 0 aromatic heterocycles. The summed E-state index contributed by atoms with van der Waals surface area (Å²) < 4.78 is 31.6. The van der Waals surface area contributed by atoms with E-state index in [4.69, 9.17) is 0 Å². The van der Waals surface area contributed by atoms with E-state index in [1.165, 1.54) is 12.3 Å². The van der Waals surface area contributed by atoms with Crippen LogP contribution in [0.4, 0.5) is 10.1 Å². The van der Waals surface area contributed by atoms with E-state index in [0.717, 1.165) is 11.1 Å². The Hall–Kier alpha value is -1.49. The van der Waals surface area contributed by atoms with Gasteiger partial charge in [0.2, 0.25) is 11.2 Å². The Balaban J connectivity index is 2.71. The van der Waals surface area contributed by atoms with Gasteiger partial charge in [-0.15, -0.1) is 0 Å². The van der Waals surface area contributed by atoms with Crippen LogP contribution in [-0.2, 0) is 11.2 Å². The molecule has 0 fully saturated rings. The van der Waals surface area contributed by atoms with Crippen molar-refractivity contribution < 1.29 is 8.60 Å². The Labute approximate surface area is 102 Å². The van der Waals surface area contributed by atoms with Gasteiger partial charge >= 0.3 is 0 Å². The van der Waals surface area contributed by atoms with Crippen LogP contribution in [0, 0.1) is 5.82 Å². The number of halogens is 1. The number of fused-ring (bicyclic) bond motifs is 1. The molecule has 0 aliphatic carbocycles. The summed E-state index contributed by atoms with van der Waals surface area (Å²) in [6.07, 6.45) is 1.47. The topological polar surface area (TPSA) is 41.5 Å². The van der Waals surface area contributed by atoms with E-state index < -0.39 is 11.2 Å². The predicted molar refractivity (Wildman–Crippen MR) is 69.7 cm³/mol. The third-order valence-electron chi connectivity index (χ3n) is 2.79. The van der Waals surface area contributed by atoms with Gasteiger partial charge in [0.1, 0.15) is 5.82 Å². The monoisotopic (exact) mass is 252 g/mol. The highest BCUT2D eigenvalue weighted by atomic mass is 32.2. The largest absolute Gasteiger partial charge is 0.286 e. The van der Waals surface area contributed by atoms with Crippen molar-refractivity contribution in [3.8, 4) is 0 Å². The minimum Gasteiger partial charge on any atom is -0.286 e. The maximum atomic E-state index is 13.9. The van der Waals surface area contributed by atoms with Crippen LogP contribution in [0.1, 0.15) is 31.9 Å². The lowest BCUT2D eigenvalue weighted by Gasteiger charge is -2.17. The van der Waals surface area contributed by atoms with Crippen LogP contribution in [0.5, 0.6) is 0 Å². The van der Waals surface area contributed by atoms with Gasteiger partial charge in [0, 0.05) is 17.3 Å². The smallest absolute Gasteiger partial charge is 0.242 e. The molecule has 1 aromatic carbocycles. The van der Waals surface area contributed by atoms with Crippen LogP contribution in [-0.4, -0.2) is 10.4 Å². The van der Waals surface area contributed by atoms with E-state index in [1.807, 2.05) is 20.8 Å². The van der Waals surface area contributed by atoms with Crippen LogP contribution in [0.2, 0.25) is 0 Å². The average Bonchev–Trinajstić information content (AvgIpc) is 2.28. The van der Waals surface area contributed by atoms with Crippen LogP contribution >= 0.6 is 0 Å². The Morgan fingerprint density at radius 2 is 2.06 bits per heavy atom. The summed E-state index contributed by atoms with van der Waals surface area (Å²) in [5.41, 5.74) is 3.74. The fourth-order valence-electron chi connectivity index (χ4n) is 1.67. The summed E-state index contributed by atoms with van der Waals surface area (Å²) in [7, 11) is 0. The summed E-state index contributed by atoms with van der Waals surface area (Å²) in [6.45, 7) is 5.73. The lowest BCUT2D eigenvalue weighted by Crippen LogP contribution is -2.12. The van der Waals surface area contributed by atoms with Gasteiger partial charge in [0.15, 0.2) is 0 Å². The van der Waals surface area contributed by atoms with Crippen LogP contribution in [0.15, 0.2) is 22.1 Å². The van der Waals surface area contributed by atoms with E-state index in [2.05, 4.69) is 9.12 Å². The lowest BCUT2D eigenvalue weighted by molar-refractivity contribution is 0.623. The molecule has 17 heavy (non-hydrogen) atoms. The van der Waals surface area contributed by atoms with Gasteiger partial charge in [-0.2, -0.15) is 4.40 Å². The molecule has 1 unspecified atom stereocenters. The second kappa shape index (κ2) is 4.41. The molecule has 1 aliphatic rings. The molecule has 0 saturated heterocycles. The molecule has 0 amide bonds. The highest BCUT2D eigenvalue weighted by Gasteiger charge is 2.18. The van der Waals surface area contributed by atoms with Gasteiger partial charge in [-0.1, -0.05) is 5.57 Å². The minimum atomic E-state index is -1.46. The van der Waals surface area contributed by atoms with Crippen molar-refractivity contribution >= 4 is 28.6 Å². The van der Waals surface area contributed by atoms with Crippen molar-refractivity contribution in [3.05, 3.63) is 34.6 Å². The molecule has 0 radical (unpaired) electrons. The number of rotatable bonds is 1. The normalized spacial score (nSPS) is 17.3. The van der Waals surface area contributed by atoms with Gasteiger partial charge < -0.3 is 0 Å². The van der Waals surface area contributed by atoms with E-state index >= 15 is 0 Å². The van der Waals surface area contributed by atoms with Crippen molar-refractivity contribution in [1.29, 1.82) is 0 Å². The molecule has 2 rings (SSSR count). The van der Waals surface area contributed by atoms with E-state index in [0.29, 0.717) is 16.8 Å². The van der Waals surface area contributed by atoms with Crippen LogP contribution < -0.4 is 4.72 Å². The van der Waals surface area contributed by atoms with Crippen molar-refractivity contribution in [2.24, 2.45) is 4.40 Å². The maximum Gasteiger partial charge on any atom is 0.242 e. The second-order valence-electron chi connectivity index (χ2n) is 4.09. The van der Waals surface area contributed by atoms with Gasteiger partial charge in [-0.25, -0.2) is 8.60 Å². The highest BCUT2D eigenvalue weighted by Crippen LogP contribution is 2.31. The first kappa shape index (κ1) is 12.0. The molecule has 0 saturated carbocycles. The summed E-state index contributed by atoms with van der Waals surface area (Å²) in [5.74, 6) is -0.289. The van der Waals surface area contributed by atoms with Crippen molar-refractivity contribution in [3.63, 3.8) is 0 Å². The molecule has 0 bridgehead atoms. The zero-order valence-corrected chi connectivity index (χ0v) is 10.7. The van der Waals surface area contributed by atoms with Crippen LogP contribution in [0.3, 0.4) is 0 Å². The van der Waals surface area contributed by atoms with Gasteiger partial charge in [-0.05, 0) is 38.5 Å². The molecule has 90 valence electrons. The first-order valence-corrected chi connectivity index (χ1v) is 6.31. The molecule has 1 atom stereocenters. The Kier molecular flexibility index (Phi) is 3.11. The van der Waals surface area contributed by atoms with Crippen molar-refractivity contribution in [2.45, 2.75) is 20.8 Å². The molecule has 1 aliphatic heterocycles. The SMILES string of the molecule is CC(C)=C(C)c1c(F)ccc2c1C=NS(=O)N2. The quantitative estimate of drug-likeness (QED) is 0.820. The fraction of sp³-hybridized carbons (Fsp3) is 0.250. The second-order valence-corrected chi connectivity index (χ2v) is 5.01. The fourth-order valence-corrected chi connectivity index (χ4v) is 2.29. The van der Waals surface area contributed by atoms with Crippen molar-refractivity contribution in [1.82, 2.24) is 0 Å². The Morgan fingerprint density at radius 1 is 1.35 bits per heavy atom. The summed E-state index contributed by atoms with van der Waals surface area (Å²) >= 11 is -1.46. The molecule has 5 heteroatoms. The van der Waals surface area contributed by atoms with E-state index in [-0.39, 0.29) is 5.82 Å². The third kappa shape index (κ3) is 2.15. The summed E-state index contributed by atoms with van der Waals surface area (Å²) in [5, 5.41) is 0. The zero-order chi connectivity index (χ0) is 12.6. The minimum absolute atomic E-state index is 0.289. The lowest BCUT2D eigenvalue weighted by atomic mass is 9.96. The first-order chi connectivity index (χ1) is 8.00. The predicted octanol–water partition coefficient (Wildman–Crippen LogP) is 3.06. The summed E-state index contributed by atoms with van der Waals surface area (Å²) in [6, 6.07) is 2.96. The van der Waals surface area contributed by atoms with Gasteiger partial charge in [0.05, 0.1) is 5.69 Å². The number of nitrogens with zero attached hydrogens (tertiary/aromatic N) is 1. The maximum absolute atomic E-state index is 13.9. The Morgan fingerprint density at radius 3 is 2.71 bits per heavy atom. The zero-order valence-electron chi connectivity index (χ0n) is 9.87.